The quantitative estimate of drug-likeness (QED) is 0.563. The topological polar surface area (TPSA) is 116 Å². The summed E-state index contributed by atoms with van der Waals surface area (Å²) >= 11 is 0. The highest BCUT2D eigenvalue weighted by molar-refractivity contribution is 5.75. The van der Waals surface area contributed by atoms with Crippen molar-refractivity contribution in [2.45, 2.75) is 46.2 Å². The molecule has 112 valence electrons. The van der Waals surface area contributed by atoms with Crippen molar-refractivity contribution in [3.05, 3.63) is 21.5 Å². The lowest BCUT2D eigenvalue weighted by atomic mass is 10.2. The molecule has 3 N–H and O–H groups in total. The molecule has 0 aliphatic carbocycles. The molecule has 20 heavy (non-hydrogen) atoms. The van der Waals surface area contributed by atoms with Gasteiger partial charge in [0.2, 0.25) is 5.91 Å². The van der Waals surface area contributed by atoms with Crippen molar-refractivity contribution in [3.8, 4) is 0 Å². The fourth-order valence-electron chi connectivity index (χ4n) is 1.90. The first-order valence-electron chi connectivity index (χ1n) is 6.53. The van der Waals surface area contributed by atoms with E-state index in [0.717, 1.165) is 6.42 Å². The monoisotopic (exact) mass is 283 g/mol. The van der Waals surface area contributed by atoms with Gasteiger partial charge in [-0.25, -0.2) is 0 Å². The number of aryl methyl sites for hydroxylation is 2. The highest BCUT2D eigenvalue weighted by Crippen LogP contribution is 2.21. The van der Waals surface area contributed by atoms with Crippen LogP contribution in [0.5, 0.6) is 0 Å². The summed E-state index contributed by atoms with van der Waals surface area (Å²) in [6.07, 6.45) is 0.954. The van der Waals surface area contributed by atoms with Crippen LogP contribution in [0.1, 0.15) is 31.2 Å². The van der Waals surface area contributed by atoms with Crippen LogP contribution >= 0.6 is 0 Å². The molecule has 1 aromatic heterocycles. The number of nitrogens with one attached hydrogen (secondary N) is 1. The van der Waals surface area contributed by atoms with Crippen molar-refractivity contribution in [1.29, 1.82) is 0 Å². The smallest absolute Gasteiger partial charge is 0.312 e. The second kappa shape index (κ2) is 6.99. The Morgan fingerprint density at radius 3 is 2.70 bits per heavy atom. The van der Waals surface area contributed by atoms with E-state index in [4.69, 9.17) is 5.73 Å². The second-order valence-corrected chi connectivity index (χ2v) is 4.87. The second-order valence-electron chi connectivity index (χ2n) is 4.87. The minimum Gasteiger partial charge on any atom is -0.356 e. The van der Waals surface area contributed by atoms with Gasteiger partial charge in [-0.05, 0) is 27.2 Å². The number of hydrogen-bond acceptors (Lipinski definition) is 5. The highest BCUT2D eigenvalue weighted by atomic mass is 16.6. The Labute approximate surface area is 117 Å². The molecule has 1 atom stereocenters. The molecule has 1 aromatic rings. The van der Waals surface area contributed by atoms with Crippen molar-refractivity contribution in [2.75, 3.05) is 6.54 Å². The number of nitro groups is 1. The van der Waals surface area contributed by atoms with Crippen LogP contribution in [0.15, 0.2) is 0 Å². The van der Waals surface area contributed by atoms with E-state index in [2.05, 4.69) is 10.4 Å². The van der Waals surface area contributed by atoms with Gasteiger partial charge in [-0.1, -0.05) is 0 Å². The summed E-state index contributed by atoms with van der Waals surface area (Å²) in [6, 6.07) is 0.0500. The van der Waals surface area contributed by atoms with E-state index in [-0.39, 0.29) is 24.1 Å². The third-order valence-corrected chi connectivity index (χ3v) is 3.00. The Kier molecular flexibility index (Phi) is 5.63. The van der Waals surface area contributed by atoms with Crippen molar-refractivity contribution in [3.63, 3.8) is 0 Å². The first-order chi connectivity index (χ1) is 9.32. The molecule has 0 bridgehead atoms. The van der Waals surface area contributed by atoms with Gasteiger partial charge in [-0.2, -0.15) is 5.10 Å². The number of rotatable bonds is 7. The highest BCUT2D eigenvalue weighted by Gasteiger charge is 2.21. The van der Waals surface area contributed by atoms with E-state index in [9.17, 15) is 14.9 Å². The summed E-state index contributed by atoms with van der Waals surface area (Å²) in [6.45, 7) is 5.95. The fourth-order valence-corrected chi connectivity index (χ4v) is 1.90. The van der Waals surface area contributed by atoms with Crippen LogP contribution in [0.25, 0.3) is 0 Å². The average molecular weight is 283 g/mol. The van der Waals surface area contributed by atoms with Gasteiger partial charge in [0, 0.05) is 19.0 Å². The van der Waals surface area contributed by atoms with Crippen LogP contribution in [0.3, 0.4) is 0 Å². The van der Waals surface area contributed by atoms with Crippen LogP contribution in [0.2, 0.25) is 0 Å². The first kappa shape index (κ1) is 16.1. The lowest BCUT2D eigenvalue weighted by molar-refractivity contribution is -0.386. The Hall–Kier alpha value is -1.96. The zero-order valence-electron chi connectivity index (χ0n) is 12.0. The Morgan fingerprint density at radius 2 is 2.20 bits per heavy atom. The molecule has 0 aliphatic rings. The number of aromatic nitrogens is 2. The lowest BCUT2D eigenvalue weighted by Gasteiger charge is -2.07. The molecule has 8 heteroatoms. The largest absolute Gasteiger partial charge is 0.356 e. The number of carbonyl (C=O) groups is 1. The molecule has 1 rings (SSSR count). The van der Waals surface area contributed by atoms with E-state index in [1.807, 2.05) is 6.92 Å². The summed E-state index contributed by atoms with van der Waals surface area (Å²) in [5, 5.41) is 17.7. The third kappa shape index (κ3) is 4.30. The van der Waals surface area contributed by atoms with E-state index in [0.29, 0.717) is 24.5 Å². The van der Waals surface area contributed by atoms with Crippen LogP contribution < -0.4 is 11.1 Å². The maximum atomic E-state index is 11.6. The molecule has 0 saturated carbocycles. The molecule has 0 spiro atoms. The number of nitrogens with two attached hydrogens (primary N) is 1. The van der Waals surface area contributed by atoms with Gasteiger partial charge in [0.15, 0.2) is 0 Å². The maximum Gasteiger partial charge on any atom is 0.312 e. The van der Waals surface area contributed by atoms with E-state index in [1.54, 1.807) is 13.8 Å². The van der Waals surface area contributed by atoms with E-state index < -0.39 is 4.92 Å². The molecule has 0 aromatic carbocycles. The van der Waals surface area contributed by atoms with Gasteiger partial charge in [0.05, 0.1) is 11.5 Å². The van der Waals surface area contributed by atoms with Crippen LogP contribution in [-0.4, -0.2) is 33.2 Å². The molecular formula is C12H21N5O3. The Morgan fingerprint density at radius 1 is 1.55 bits per heavy atom. The minimum absolute atomic E-state index is 0.0161. The van der Waals surface area contributed by atoms with E-state index >= 15 is 0 Å². The van der Waals surface area contributed by atoms with Crippen molar-refractivity contribution in [1.82, 2.24) is 15.1 Å². The number of hydrogen-bond donors (Lipinski definition) is 2. The van der Waals surface area contributed by atoms with Crippen molar-refractivity contribution in [2.24, 2.45) is 5.73 Å². The van der Waals surface area contributed by atoms with Crippen molar-refractivity contribution < 1.29 is 9.72 Å². The van der Waals surface area contributed by atoms with Crippen LogP contribution in [0.4, 0.5) is 5.69 Å². The molecule has 1 amide bonds. The first-order valence-corrected chi connectivity index (χ1v) is 6.53. The maximum absolute atomic E-state index is 11.6. The van der Waals surface area contributed by atoms with E-state index in [1.165, 1.54) is 4.68 Å². The summed E-state index contributed by atoms with van der Waals surface area (Å²) < 4.78 is 1.50. The Balaban J connectivity index is 2.52. The van der Waals surface area contributed by atoms with Gasteiger partial charge >= 0.3 is 5.69 Å². The number of nitrogens with zero attached hydrogens (tertiary/aromatic N) is 3. The number of amides is 1. The molecule has 0 saturated heterocycles. The molecule has 1 heterocycles. The zero-order chi connectivity index (χ0) is 15.3. The Bertz CT molecular complexity index is 496. The molecule has 0 aliphatic heterocycles. The van der Waals surface area contributed by atoms with Gasteiger partial charge in [-0.15, -0.1) is 0 Å². The standard InChI is InChI=1S/C12H21N5O3/c1-8(13)4-6-14-11(18)5-7-16-10(3)12(17(19)20)9(2)15-16/h8H,4-7,13H2,1-3H3,(H,14,18). The number of carbonyl (C=O) groups excluding carboxylic acids is 1. The summed E-state index contributed by atoms with van der Waals surface area (Å²) in [7, 11) is 0. The predicted molar refractivity (Wildman–Crippen MR) is 74.2 cm³/mol. The van der Waals surface area contributed by atoms with Gasteiger partial charge < -0.3 is 11.1 Å². The molecule has 0 fully saturated rings. The molecule has 8 nitrogen and oxygen atoms in total. The predicted octanol–water partition coefficient (Wildman–Crippen LogP) is 0.652. The summed E-state index contributed by atoms with van der Waals surface area (Å²) in [5.74, 6) is -0.110. The third-order valence-electron chi connectivity index (χ3n) is 3.00. The molecular weight excluding hydrogens is 262 g/mol. The van der Waals surface area contributed by atoms with Gasteiger partial charge in [0.1, 0.15) is 11.4 Å². The average Bonchev–Trinajstić information content (AvgIpc) is 2.61. The van der Waals surface area contributed by atoms with Gasteiger partial charge in [0.25, 0.3) is 0 Å². The molecule has 0 radical (unpaired) electrons. The minimum atomic E-state index is -0.448. The molecule has 1 unspecified atom stereocenters. The summed E-state index contributed by atoms with van der Waals surface area (Å²) in [5.41, 5.74) is 6.43. The van der Waals surface area contributed by atoms with Gasteiger partial charge in [-0.3, -0.25) is 19.6 Å². The summed E-state index contributed by atoms with van der Waals surface area (Å²) in [4.78, 5) is 22.0. The SMILES string of the molecule is Cc1nn(CCC(=O)NCCC(C)N)c(C)c1[N+](=O)[O-]. The van der Waals surface area contributed by atoms with Crippen LogP contribution in [0, 0.1) is 24.0 Å². The zero-order valence-corrected chi connectivity index (χ0v) is 12.0. The lowest BCUT2D eigenvalue weighted by Crippen LogP contribution is -2.29. The fraction of sp³-hybridized carbons (Fsp3) is 0.667. The van der Waals surface area contributed by atoms with Crippen LogP contribution in [-0.2, 0) is 11.3 Å². The normalized spacial score (nSPS) is 12.2. The van der Waals surface area contributed by atoms with Crippen molar-refractivity contribution >= 4 is 11.6 Å².